The van der Waals surface area contributed by atoms with Gasteiger partial charge in [0.15, 0.2) is 11.5 Å². The van der Waals surface area contributed by atoms with E-state index in [-0.39, 0.29) is 12.4 Å². The average Bonchev–Trinajstić information content (AvgIpc) is 3.50. The third-order valence-corrected chi connectivity index (χ3v) is 5.72. The molecular weight excluding hydrogens is 408 g/mol. The van der Waals surface area contributed by atoms with Gasteiger partial charge in [0.25, 0.3) is 5.56 Å². The maximum absolute atomic E-state index is 12.6. The molecule has 1 fully saturated rings. The summed E-state index contributed by atoms with van der Waals surface area (Å²) < 4.78 is 23.9. The molecule has 0 bridgehead atoms. The van der Waals surface area contributed by atoms with Crippen molar-refractivity contribution in [3.63, 3.8) is 0 Å². The Labute approximate surface area is 186 Å². The van der Waals surface area contributed by atoms with Crippen molar-refractivity contribution in [1.29, 1.82) is 0 Å². The van der Waals surface area contributed by atoms with Crippen LogP contribution in [0.1, 0.15) is 18.4 Å². The van der Waals surface area contributed by atoms with Gasteiger partial charge in [-0.1, -0.05) is 6.07 Å². The van der Waals surface area contributed by atoms with Crippen molar-refractivity contribution in [3.05, 3.63) is 76.7 Å². The van der Waals surface area contributed by atoms with E-state index in [2.05, 4.69) is 4.90 Å². The highest BCUT2D eigenvalue weighted by atomic mass is 16.7. The van der Waals surface area contributed by atoms with Gasteiger partial charge < -0.3 is 18.9 Å². The number of pyridine rings is 1. The summed E-state index contributed by atoms with van der Waals surface area (Å²) in [5.41, 5.74) is 1.57. The number of likely N-dealkylation sites (tertiary alicyclic amines) is 1. The van der Waals surface area contributed by atoms with E-state index >= 15 is 0 Å². The third-order valence-electron chi connectivity index (χ3n) is 5.72. The number of rotatable bonds is 8. The summed E-state index contributed by atoms with van der Waals surface area (Å²) in [6.45, 7) is 4.54. The van der Waals surface area contributed by atoms with Crippen LogP contribution in [-0.2, 0) is 6.61 Å². The Morgan fingerprint density at radius 1 is 0.844 bits per heavy atom. The highest BCUT2D eigenvalue weighted by Crippen LogP contribution is 2.32. The smallest absolute Gasteiger partial charge is 0.258 e. The van der Waals surface area contributed by atoms with Crippen molar-refractivity contribution in [1.82, 2.24) is 9.47 Å². The summed E-state index contributed by atoms with van der Waals surface area (Å²) in [4.78, 5) is 15.0. The first kappa shape index (κ1) is 20.5. The molecular formula is C25H26N2O5. The topological polar surface area (TPSA) is 62.2 Å². The summed E-state index contributed by atoms with van der Waals surface area (Å²) in [5, 5.41) is 0. The quantitative estimate of drug-likeness (QED) is 0.540. The summed E-state index contributed by atoms with van der Waals surface area (Å²) in [6, 6.07) is 16.5. The third kappa shape index (κ3) is 4.73. The first-order valence-electron chi connectivity index (χ1n) is 10.9. The van der Waals surface area contributed by atoms with E-state index in [1.807, 2.05) is 42.5 Å². The molecule has 166 valence electrons. The van der Waals surface area contributed by atoms with Gasteiger partial charge in [-0.25, -0.2) is 0 Å². The molecule has 1 saturated heterocycles. The highest BCUT2D eigenvalue weighted by Gasteiger charge is 2.13. The van der Waals surface area contributed by atoms with Gasteiger partial charge in [-0.15, -0.1) is 0 Å². The van der Waals surface area contributed by atoms with Crippen molar-refractivity contribution in [3.8, 4) is 28.7 Å². The number of aromatic nitrogens is 1. The van der Waals surface area contributed by atoms with Crippen molar-refractivity contribution < 1.29 is 18.9 Å². The van der Waals surface area contributed by atoms with E-state index in [9.17, 15) is 4.79 Å². The molecule has 5 rings (SSSR count). The predicted molar refractivity (Wildman–Crippen MR) is 120 cm³/mol. The lowest BCUT2D eigenvalue weighted by Crippen LogP contribution is -2.25. The van der Waals surface area contributed by atoms with Crippen LogP contribution in [0.15, 0.2) is 65.6 Å². The monoisotopic (exact) mass is 434 g/mol. The first-order chi connectivity index (χ1) is 15.7. The predicted octanol–water partition coefficient (Wildman–Crippen LogP) is 3.62. The van der Waals surface area contributed by atoms with Crippen LogP contribution in [-0.4, -0.2) is 42.5 Å². The molecule has 2 aliphatic rings. The maximum atomic E-state index is 12.6. The van der Waals surface area contributed by atoms with Crippen molar-refractivity contribution >= 4 is 0 Å². The van der Waals surface area contributed by atoms with Gasteiger partial charge in [-0.3, -0.25) is 14.3 Å². The second kappa shape index (κ2) is 9.36. The van der Waals surface area contributed by atoms with E-state index in [1.165, 1.54) is 32.0 Å². The zero-order valence-corrected chi connectivity index (χ0v) is 17.9. The minimum atomic E-state index is -0.157. The van der Waals surface area contributed by atoms with E-state index < -0.39 is 0 Å². The van der Waals surface area contributed by atoms with Gasteiger partial charge >= 0.3 is 0 Å². The van der Waals surface area contributed by atoms with Crippen molar-refractivity contribution in [2.45, 2.75) is 19.4 Å². The lowest BCUT2D eigenvalue weighted by molar-refractivity contribution is 0.174. The van der Waals surface area contributed by atoms with E-state index in [1.54, 1.807) is 16.8 Å². The van der Waals surface area contributed by atoms with E-state index in [0.717, 1.165) is 29.3 Å². The van der Waals surface area contributed by atoms with E-state index in [0.29, 0.717) is 24.7 Å². The molecule has 0 spiro atoms. The van der Waals surface area contributed by atoms with Crippen LogP contribution >= 0.6 is 0 Å². The Hall–Kier alpha value is -3.45. The molecule has 0 atom stereocenters. The molecule has 7 heteroatoms. The molecule has 32 heavy (non-hydrogen) atoms. The fourth-order valence-electron chi connectivity index (χ4n) is 3.96. The second-order valence-electron chi connectivity index (χ2n) is 7.94. The van der Waals surface area contributed by atoms with Crippen LogP contribution in [0.4, 0.5) is 0 Å². The molecule has 3 heterocycles. The van der Waals surface area contributed by atoms with Crippen LogP contribution in [0.2, 0.25) is 0 Å². The average molecular weight is 434 g/mol. The number of ether oxygens (including phenoxy) is 4. The van der Waals surface area contributed by atoms with Gasteiger partial charge in [0.1, 0.15) is 24.7 Å². The van der Waals surface area contributed by atoms with Crippen LogP contribution in [0, 0.1) is 0 Å². The maximum Gasteiger partial charge on any atom is 0.258 e. The summed E-state index contributed by atoms with van der Waals surface area (Å²) in [7, 11) is 0. The molecule has 0 N–H and O–H groups in total. The fraction of sp³-hybridized carbons (Fsp3) is 0.320. The van der Waals surface area contributed by atoms with Crippen molar-refractivity contribution in [2.24, 2.45) is 0 Å². The first-order valence-corrected chi connectivity index (χ1v) is 10.9. The standard InChI is InChI=1S/C25H26N2O5/c28-25-16-22(30-17-19-3-8-23-24(15-19)32-18-31-23)9-12-27(25)20-4-6-21(7-5-20)29-14-13-26-10-1-2-11-26/h3-9,12,15-16H,1-2,10-11,13-14,17-18H2. The molecule has 0 unspecified atom stereocenters. The summed E-state index contributed by atoms with van der Waals surface area (Å²) >= 11 is 0. The molecule has 1 aromatic heterocycles. The zero-order valence-electron chi connectivity index (χ0n) is 17.9. The minimum absolute atomic E-state index is 0.157. The number of nitrogens with zero attached hydrogens (tertiary/aromatic N) is 2. The number of fused-ring (bicyclic) bond motifs is 1. The Bertz CT molecular complexity index is 1120. The number of hydrogen-bond donors (Lipinski definition) is 0. The summed E-state index contributed by atoms with van der Waals surface area (Å²) in [5.74, 6) is 2.78. The minimum Gasteiger partial charge on any atom is -0.492 e. The van der Waals surface area contributed by atoms with Gasteiger partial charge in [0, 0.05) is 24.5 Å². The van der Waals surface area contributed by atoms with Crippen LogP contribution in [0.3, 0.4) is 0 Å². The van der Waals surface area contributed by atoms with E-state index in [4.69, 9.17) is 18.9 Å². The molecule has 0 radical (unpaired) electrons. The Morgan fingerprint density at radius 2 is 1.66 bits per heavy atom. The second-order valence-corrected chi connectivity index (χ2v) is 7.94. The molecule has 0 saturated carbocycles. The Kier molecular flexibility index (Phi) is 5.98. The van der Waals surface area contributed by atoms with Gasteiger partial charge in [0.05, 0.1) is 0 Å². The molecule has 3 aromatic rings. The molecule has 0 amide bonds. The fourth-order valence-corrected chi connectivity index (χ4v) is 3.96. The van der Waals surface area contributed by atoms with Crippen LogP contribution < -0.4 is 24.5 Å². The number of hydrogen-bond acceptors (Lipinski definition) is 6. The van der Waals surface area contributed by atoms with Crippen molar-refractivity contribution in [2.75, 3.05) is 33.0 Å². The molecule has 0 aliphatic carbocycles. The molecule has 7 nitrogen and oxygen atoms in total. The SMILES string of the molecule is O=c1cc(OCc2ccc3c(c2)OCO3)ccn1-c1ccc(OCCN2CCCC2)cc1. The van der Waals surface area contributed by atoms with Crippen LogP contribution in [0.5, 0.6) is 23.0 Å². The van der Waals surface area contributed by atoms with Crippen LogP contribution in [0.25, 0.3) is 5.69 Å². The molecule has 2 aliphatic heterocycles. The highest BCUT2D eigenvalue weighted by molar-refractivity contribution is 5.44. The largest absolute Gasteiger partial charge is 0.492 e. The number of benzene rings is 2. The zero-order chi connectivity index (χ0) is 21.8. The molecule has 2 aromatic carbocycles. The van der Waals surface area contributed by atoms with Gasteiger partial charge in [-0.2, -0.15) is 0 Å². The van der Waals surface area contributed by atoms with Gasteiger partial charge in [0.2, 0.25) is 6.79 Å². The normalized spacial score (nSPS) is 15.1. The Balaban J connectivity index is 1.18. The lowest BCUT2D eigenvalue weighted by atomic mass is 10.2. The Morgan fingerprint density at radius 3 is 2.47 bits per heavy atom. The lowest BCUT2D eigenvalue weighted by Gasteiger charge is -2.15. The van der Waals surface area contributed by atoms with Gasteiger partial charge in [-0.05, 0) is 74.0 Å². The summed E-state index contributed by atoms with van der Waals surface area (Å²) in [6.07, 6.45) is 4.29.